The second-order valence-electron chi connectivity index (χ2n) is 9.10. The maximum absolute atomic E-state index is 13.6. The molecule has 0 saturated heterocycles. The first-order valence-corrected chi connectivity index (χ1v) is 12.8. The molecule has 0 aliphatic heterocycles. The second kappa shape index (κ2) is 9.25. The van der Waals surface area contributed by atoms with Crippen LogP contribution in [0, 0.1) is 13.8 Å². The average molecular weight is 476 g/mol. The van der Waals surface area contributed by atoms with E-state index >= 15 is 0 Å². The lowest BCUT2D eigenvalue weighted by Crippen LogP contribution is -2.40. The van der Waals surface area contributed by atoms with Gasteiger partial charge < -0.3 is 5.32 Å². The number of aromatic nitrogens is 4. The van der Waals surface area contributed by atoms with E-state index in [0.29, 0.717) is 16.3 Å². The van der Waals surface area contributed by atoms with Crippen molar-refractivity contribution >= 4 is 34.3 Å². The fraction of sp³-hybridized carbons (Fsp3) is 0.385. The molecule has 1 unspecified atom stereocenters. The van der Waals surface area contributed by atoms with Gasteiger partial charge in [-0.1, -0.05) is 55.3 Å². The van der Waals surface area contributed by atoms with Crippen molar-refractivity contribution in [3.63, 3.8) is 0 Å². The summed E-state index contributed by atoms with van der Waals surface area (Å²) >= 11 is 1.37. The van der Waals surface area contributed by atoms with Crippen LogP contribution in [-0.4, -0.2) is 36.4 Å². The molecule has 1 amide bonds. The zero-order chi connectivity index (χ0) is 23.8. The molecule has 2 heterocycles. The predicted octanol–water partition coefficient (Wildman–Crippen LogP) is 4.58. The van der Waals surface area contributed by atoms with Crippen molar-refractivity contribution in [2.45, 2.75) is 69.3 Å². The standard InChI is InChI=1S/C26H29N5O2S/c1-16-10-9-15-21(17(16)2)30-24(33)20-13-7-8-14-22(20)31-25(30)28-29-26(31)34-18(3)23(32)27-19-11-5-4-6-12-19/h7-10,13-15,18-19H,4-6,11-12H2,1-3H3,(H,27,32). The highest BCUT2D eigenvalue weighted by molar-refractivity contribution is 8.00. The Kier molecular flexibility index (Phi) is 6.16. The molecule has 0 bridgehead atoms. The number of thioether (sulfide) groups is 1. The quantitative estimate of drug-likeness (QED) is 0.427. The number of fused-ring (bicyclic) bond motifs is 3. The number of nitrogens with zero attached hydrogens (tertiary/aromatic N) is 4. The zero-order valence-corrected chi connectivity index (χ0v) is 20.6. The van der Waals surface area contributed by atoms with Crippen LogP contribution in [0.3, 0.4) is 0 Å². The molecule has 2 aromatic carbocycles. The smallest absolute Gasteiger partial charge is 0.267 e. The van der Waals surface area contributed by atoms with E-state index in [0.717, 1.165) is 35.2 Å². The summed E-state index contributed by atoms with van der Waals surface area (Å²) in [6.45, 7) is 5.93. The Bertz CT molecular complexity index is 1430. The first kappa shape index (κ1) is 22.7. The number of carbonyl (C=O) groups excluding carboxylic acids is 1. The molecule has 1 aliphatic carbocycles. The Balaban J connectivity index is 1.59. The Labute approximate surface area is 202 Å². The van der Waals surface area contributed by atoms with Gasteiger partial charge in [-0.25, -0.2) is 4.57 Å². The van der Waals surface area contributed by atoms with E-state index in [4.69, 9.17) is 0 Å². The number of hydrogen-bond donors (Lipinski definition) is 1. The molecule has 0 spiro atoms. The van der Waals surface area contributed by atoms with E-state index in [2.05, 4.69) is 15.5 Å². The third-order valence-electron chi connectivity index (χ3n) is 6.81. The first-order valence-electron chi connectivity index (χ1n) is 11.9. The molecule has 0 radical (unpaired) electrons. The van der Waals surface area contributed by atoms with Crippen LogP contribution < -0.4 is 10.9 Å². The normalized spacial score (nSPS) is 15.6. The molecule has 34 heavy (non-hydrogen) atoms. The summed E-state index contributed by atoms with van der Waals surface area (Å²) < 4.78 is 3.53. The highest BCUT2D eigenvalue weighted by Crippen LogP contribution is 2.28. The molecular formula is C26H29N5O2S. The minimum atomic E-state index is -0.339. The molecule has 1 aliphatic rings. The maximum Gasteiger partial charge on any atom is 0.267 e. The predicted molar refractivity (Wildman–Crippen MR) is 136 cm³/mol. The molecule has 176 valence electrons. The second-order valence-corrected chi connectivity index (χ2v) is 10.4. The molecule has 7 nitrogen and oxygen atoms in total. The van der Waals surface area contributed by atoms with Gasteiger partial charge in [-0.3, -0.25) is 14.0 Å². The minimum absolute atomic E-state index is 0.0146. The Morgan fingerprint density at radius 1 is 1.06 bits per heavy atom. The molecule has 1 N–H and O–H groups in total. The lowest BCUT2D eigenvalue weighted by molar-refractivity contribution is -0.121. The van der Waals surface area contributed by atoms with Gasteiger partial charge in [0.2, 0.25) is 11.7 Å². The Morgan fingerprint density at radius 2 is 1.82 bits per heavy atom. The third kappa shape index (κ3) is 4.00. The number of aryl methyl sites for hydroxylation is 1. The van der Waals surface area contributed by atoms with Crippen molar-refractivity contribution in [2.24, 2.45) is 0 Å². The van der Waals surface area contributed by atoms with Gasteiger partial charge >= 0.3 is 0 Å². The van der Waals surface area contributed by atoms with Gasteiger partial charge in [0.1, 0.15) is 0 Å². The van der Waals surface area contributed by atoms with Crippen LogP contribution >= 0.6 is 11.8 Å². The fourth-order valence-electron chi connectivity index (χ4n) is 4.73. The van der Waals surface area contributed by atoms with Crippen molar-refractivity contribution in [2.75, 3.05) is 0 Å². The van der Waals surface area contributed by atoms with E-state index in [9.17, 15) is 9.59 Å². The van der Waals surface area contributed by atoms with Gasteiger partial charge in [-0.2, -0.15) is 0 Å². The summed E-state index contributed by atoms with van der Waals surface area (Å²) in [4.78, 5) is 26.5. The lowest BCUT2D eigenvalue weighted by atomic mass is 9.95. The van der Waals surface area contributed by atoms with E-state index in [1.54, 1.807) is 4.57 Å². The van der Waals surface area contributed by atoms with Crippen LogP contribution in [0.5, 0.6) is 0 Å². The van der Waals surface area contributed by atoms with Gasteiger partial charge in [-0.05, 0) is 62.9 Å². The number of carbonyl (C=O) groups is 1. The third-order valence-corrected chi connectivity index (χ3v) is 7.86. The molecule has 1 fully saturated rings. The fourth-order valence-corrected chi connectivity index (χ4v) is 5.59. The molecule has 4 aromatic rings. The van der Waals surface area contributed by atoms with Crippen molar-refractivity contribution in [3.8, 4) is 5.69 Å². The van der Waals surface area contributed by atoms with Crippen LogP contribution in [0.4, 0.5) is 0 Å². The Hall–Kier alpha value is -3.13. The summed E-state index contributed by atoms with van der Waals surface area (Å²) in [6.07, 6.45) is 5.68. The highest BCUT2D eigenvalue weighted by atomic mass is 32.2. The summed E-state index contributed by atoms with van der Waals surface area (Å²) in [6, 6.07) is 13.6. The molecule has 8 heteroatoms. The van der Waals surface area contributed by atoms with Gasteiger partial charge in [0.15, 0.2) is 5.16 Å². The first-order chi connectivity index (χ1) is 16.5. The monoisotopic (exact) mass is 475 g/mol. The van der Waals surface area contributed by atoms with Gasteiger partial charge in [-0.15, -0.1) is 10.2 Å². The summed E-state index contributed by atoms with van der Waals surface area (Å²) in [5.74, 6) is 0.459. The number of rotatable bonds is 5. The number of hydrogen-bond acceptors (Lipinski definition) is 5. The van der Waals surface area contributed by atoms with Crippen molar-refractivity contribution < 1.29 is 4.79 Å². The van der Waals surface area contributed by atoms with Crippen molar-refractivity contribution in [1.82, 2.24) is 24.5 Å². The molecule has 1 saturated carbocycles. The maximum atomic E-state index is 13.6. The van der Waals surface area contributed by atoms with Crippen LogP contribution in [0.2, 0.25) is 0 Å². The zero-order valence-electron chi connectivity index (χ0n) is 19.7. The average Bonchev–Trinajstić information content (AvgIpc) is 3.25. The SMILES string of the molecule is Cc1cccc(-n2c(=O)c3ccccc3n3c(SC(C)C(=O)NC4CCCCC4)nnc23)c1C. The molecule has 2 aromatic heterocycles. The summed E-state index contributed by atoms with van der Waals surface area (Å²) in [5.41, 5.74) is 3.49. The van der Waals surface area contributed by atoms with E-state index in [1.807, 2.05) is 67.6 Å². The van der Waals surface area contributed by atoms with E-state index in [-0.39, 0.29) is 22.8 Å². The van der Waals surface area contributed by atoms with Crippen molar-refractivity contribution in [1.29, 1.82) is 0 Å². The highest BCUT2D eigenvalue weighted by Gasteiger charge is 2.24. The van der Waals surface area contributed by atoms with Gasteiger partial charge in [0.05, 0.1) is 21.8 Å². The Morgan fingerprint density at radius 3 is 2.62 bits per heavy atom. The summed E-state index contributed by atoms with van der Waals surface area (Å²) in [7, 11) is 0. The van der Waals surface area contributed by atoms with Crippen LogP contribution in [0.25, 0.3) is 22.4 Å². The van der Waals surface area contributed by atoms with E-state index in [1.165, 1.54) is 31.0 Å². The van der Waals surface area contributed by atoms with E-state index < -0.39 is 0 Å². The van der Waals surface area contributed by atoms with Crippen molar-refractivity contribution in [3.05, 3.63) is 63.9 Å². The number of nitrogens with one attached hydrogen (secondary N) is 1. The number of amides is 1. The van der Waals surface area contributed by atoms with Gasteiger partial charge in [0, 0.05) is 6.04 Å². The minimum Gasteiger partial charge on any atom is -0.352 e. The molecule has 1 atom stereocenters. The van der Waals surface area contributed by atoms with Gasteiger partial charge in [0.25, 0.3) is 5.56 Å². The number of benzene rings is 2. The largest absolute Gasteiger partial charge is 0.352 e. The topological polar surface area (TPSA) is 81.3 Å². The van der Waals surface area contributed by atoms with Crippen LogP contribution in [-0.2, 0) is 4.79 Å². The van der Waals surface area contributed by atoms with Crippen LogP contribution in [0.1, 0.15) is 50.2 Å². The lowest BCUT2D eigenvalue weighted by Gasteiger charge is -2.24. The number of para-hydroxylation sites is 1. The molecule has 5 rings (SSSR count). The summed E-state index contributed by atoms with van der Waals surface area (Å²) in [5, 5.41) is 12.9. The molecular weight excluding hydrogens is 446 g/mol. The van der Waals surface area contributed by atoms with Crippen LogP contribution in [0.15, 0.2) is 52.4 Å².